The Morgan fingerprint density at radius 1 is 1.45 bits per heavy atom. The number of rotatable bonds is 1. The van der Waals surface area contributed by atoms with Crippen LogP contribution in [-0.4, -0.2) is 17.0 Å². The van der Waals surface area contributed by atoms with E-state index in [-0.39, 0.29) is 0 Å². The van der Waals surface area contributed by atoms with Crippen LogP contribution in [0.1, 0.15) is 0 Å². The molecule has 0 radical (unpaired) electrons. The number of anilines is 1. The molecule has 1 rings (SSSR count). The van der Waals surface area contributed by atoms with Crippen molar-refractivity contribution in [3.8, 4) is 0 Å². The molecule has 0 aliphatic heterocycles. The monoisotopic (exact) mass is 153 g/mol. The zero-order chi connectivity index (χ0) is 8.27. The fourth-order valence-corrected chi connectivity index (χ4v) is 0.773. The van der Waals surface area contributed by atoms with Crippen LogP contribution in [0.5, 0.6) is 0 Å². The highest BCUT2D eigenvalue weighted by molar-refractivity contribution is 5.29. The predicted octanol–water partition coefficient (Wildman–Crippen LogP) is -2.16. The topological polar surface area (TPSA) is 92.8 Å². The highest BCUT2D eigenvalue weighted by atomic mass is 15.1. The van der Waals surface area contributed by atoms with Gasteiger partial charge in [-0.2, -0.15) is 0 Å². The first-order chi connectivity index (χ1) is 5.31. The molecule has 1 aromatic heterocycles. The van der Waals surface area contributed by atoms with Crippen LogP contribution in [0, 0.1) is 0 Å². The standard InChI is InChI=1S/C6H11N5/c1-9-6-10-4(2-7)5(3-8)11-6/h2-3H,7-8H2,1H3,(H2,9,10,11)/b4-2+,5-3+. The Kier molecular flexibility index (Phi) is 2.00. The number of hydrogen-bond acceptors (Lipinski definition) is 4. The third kappa shape index (κ3) is 1.26. The maximum Gasteiger partial charge on any atom is 0.201 e. The van der Waals surface area contributed by atoms with Crippen molar-refractivity contribution in [1.82, 2.24) is 9.97 Å². The van der Waals surface area contributed by atoms with E-state index in [0.29, 0.717) is 11.3 Å². The zero-order valence-corrected chi connectivity index (χ0v) is 6.26. The zero-order valence-electron chi connectivity index (χ0n) is 6.26. The van der Waals surface area contributed by atoms with Gasteiger partial charge < -0.3 is 21.8 Å². The summed E-state index contributed by atoms with van der Waals surface area (Å²) in [6.07, 6.45) is 2.82. The molecular weight excluding hydrogens is 142 g/mol. The molecule has 5 nitrogen and oxygen atoms in total. The van der Waals surface area contributed by atoms with E-state index in [1.54, 1.807) is 7.05 Å². The summed E-state index contributed by atoms with van der Waals surface area (Å²) < 4.78 is 0. The highest BCUT2D eigenvalue weighted by Gasteiger charge is 1.92. The first-order valence-corrected chi connectivity index (χ1v) is 3.19. The largest absolute Gasteiger partial charge is 0.403 e. The molecule has 0 saturated carbocycles. The minimum atomic E-state index is 0.650. The van der Waals surface area contributed by atoms with Crippen LogP contribution >= 0.6 is 0 Å². The number of hydrogen-bond donors (Lipinski definition) is 4. The van der Waals surface area contributed by atoms with Crippen LogP contribution < -0.4 is 27.5 Å². The molecule has 0 aliphatic rings. The summed E-state index contributed by atoms with van der Waals surface area (Å²) in [6, 6.07) is 0. The molecule has 60 valence electrons. The second-order valence-corrected chi connectivity index (χ2v) is 1.97. The van der Waals surface area contributed by atoms with Crippen molar-refractivity contribution in [3.63, 3.8) is 0 Å². The summed E-state index contributed by atoms with van der Waals surface area (Å²) in [5.41, 5.74) is 10.6. The molecular formula is C6H11N5. The maximum absolute atomic E-state index is 5.29. The SMILES string of the molecule is CNc1nc(=C/N)/c(=C\N)[nH]1. The maximum atomic E-state index is 5.29. The van der Waals surface area contributed by atoms with Gasteiger partial charge in [0.2, 0.25) is 5.95 Å². The Balaban J connectivity index is 3.37. The Morgan fingerprint density at radius 3 is 2.55 bits per heavy atom. The summed E-state index contributed by atoms with van der Waals surface area (Å²) in [5.74, 6) is 0.651. The Hall–Kier alpha value is -1.65. The average molecular weight is 153 g/mol. The molecule has 1 aromatic rings. The van der Waals surface area contributed by atoms with Crippen LogP contribution in [0.15, 0.2) is 0 Å². The van der Waals surface area contributed by atoms with Gasteiger partial charge in [-0.05, 0) is 0 Å². The van der Waals surface area contributed by atoms with E-state index in [9.17, 15) is 0 Å². The minimum absolute atomic E-state index is 0.650. The van der Waals surface area contributed by atoms with Gasteiger partial charge in [-0.1, -0.05) is 0 Å². The number of H-pyrrole nitrogens is 1. The van der Waals surface area contributed by atoms with Crippen molar-refractivity contribution < 1.29 is 0 Å². The molecule has 0 atom stereocenters. The fourth-order valence-electron chi connectivity index (χ4n) is 0.773. The number of nitrogens with two attached hydrogens (primary N) is 2. The van der Waals surface area contributed by atoms with Crippen LogP contribution in [0.3, 0.4) is 0 Å². The Labute approximate surface area is 63.8 Å². The lowest BCUT2D eigenvalue weighted by molar-refractivity contribution is 1.24. The average Bonchev–Trinajstić information content (AvgIpc) is 2.46. The molecule has 11 heavy (non-hydrogen) atoms. The van der Waals surface area contributed by atoms with Crippen molar-refractivity contribution in [3.05, 3.63) is 10.7 Å². The number of aromatic nitrogens is 2. The molecule has 0 amide bonds. The molecule has 0 unspecified atom stereocenters. The van der Waals surface area contributed by atoms with Gasteiger partial charge in [0, 0.05) is 19.4 Å². The van der Waals surface area contributed by atoms with Gasteiger partial charge in [-0.25, -0.2) is 4.98 Å². The van der Waals surface area contributed by atoms with Crippen LogP contribution in [0.25, 0.3) is 12.4 Å². The molecule has 0 fully saturated rings. The lowest BCUT2D eigenvalue weighted by atomic mass is 10.6. The molecule has 0 saturated heterocycles. The van der Waals surface area contributed by atoms with Gasteiger partial charge in [-0.15, -0.1) is 0 Å². The van der Waals surface area contributed by atoms with Crippen molar-refractivity contribution in [2.75, 3.05) is 12.4 Å². The van der Waals surface area contributed by atoms with Gasteiger partial charge in [0.25, 0.3) is 0 Å². The van der Waals surface area contributed by atoms with Gasteiger partial charge in [0.1, 0.15) is 5.35 Å². The normalized spacial score (nSPS) is 13.9. The van der Waals surface area contributed by atoms with E-state index < -0.39 is 0 Å². The Bertz CT molecular complexity index is 305. The minimum Gasteiger partial charge on any atom is -0.403 e. The molecule has 1 heterocycles. The smallest absolute Gasteiger partial charge is 0.201 e. The van der Waals surface area contributed by atoms with E-state index in [1.807, 2.05) is 0 Å². The predicted molar refractivity (Wildman–Crippen MR) is 44.7 cm³/mol. The van der Waals surface area contributed by atoms with Crippen molar-refractivity contribution in [1.29, 1.82) is 0 Å². The quantitative estimate of drug-likeness (QED) is 0.370. The second kappa shape index (κ2) is 2.96. The number of nitrogens with zero attached hydrogens (tertiary/aromatic N) is 1. The molecule has 0 bridgehead atoms. The highest BCUT2D eigenvalue weighted by Crippen LogP contribution is 1.82. The second-order valence-electron chi connectivity index (χ2n) is 1.97. The number of aromatic amines is 1. The number of nitrogens with one attached hydrogen (secondary N) is 2. The first kappa shape index (κ1) is 7.46. The summed E-state index contributed by atoms with van der Waals surface area (Å²) in [7, 11) is 1.76. The summed E-state index contributed by atoms with van der Waals surface area (Å²) >= 11 is 0. The van der Waals surface area contributed by atoms with Crippen molar-refractivity contribution in [2.24, 2.45) is 11.5 Å². The van der Waals surface area contributed by atoms with E-state index in [0.717, 1.165) is 5.35 Å². The van der Waals surface area contributed by atoms with Gasteiger partial charge in [-0.3, -0.25) is 0 Å². The van der Waals surface area contributed by atoms with Gasteiger partial charge in [0.15, 0.2) is 0 Å². The van der Waals surface area contributed by atoms with Crippen LogP contribution in [0.4, 0.5) is 5.95 Å². The van der Waals surface area contributed by atoms with E-state index >= 15 is 0 Å². The molecule has 0 aliphatic carbocycles. The van der Waals surface area contributed by atoms with E-state index in [2.05, 4.69) is 15.3 Å². The molecule has 6 N–H and O–H groups in total. The lowest BCUT2D eigenvalue weighted by Gasteiger charge is -1.86. The van der Waals surface area contributed by atoms with Crippen LogP contribution in [0.2, 0.25) is 0 Å². The number of imidazole rings is 1. The summed E-state index contributed by atoms with van der Waals surface area (Å²) in [6.45, 7) is 0. The third-order valence-corrected chi connectivity index (χ3v) is 1.32. The Morgan fingerprint density at radius 2 is 2.18 bits per heavy atom. The van der Waals surface area contributed by atoms with Gasteiger partial charge >= 0.3 is 0 Å². The summed E-state index contributed by atoms with van der Waals surface area (Å²) in [5, 5.41) is 4.21. The molecule has 5 heteroatoms. The summed E-state index contributed by atoms with van der Waals surface area (Å²) in [4.78, 5) is 6.98. The van der Waals surface area contributed by atoms with Gasteiger partial charge in [0.05, 0.1) is 5.35 Å². The third-order valence-electron chi connectivity index (χ3n) is 1.32. The van der Waals surface area contributed by atoms with E-state index in [4.69, 9.17) is 11.5 Å². The molecule has 0 spiro atoms. The first-order valence-electron chi connectivity index (χ1n) is 3.19. The van der Waals surface area contributed by atoms with E-state index in [1.165, 1.54) is 12.4 Å². The van der Waals surface area contributed by atoms with Crippen molar-refractivity contribution in [2.45, 2.75) is 0 Å². The lowest BCUT2D eigenvalue weighted by Crippen LogP contribution is -2.27. The fraction of sp³-hybridized carbons (Fsp3) is 0.167. The van der Waals surface area contributed by atoms with Crippen LogP contribution in [-0.2, 0) is 0 Å². The molecule has 0 aromatic carbocycles. The van der Waals surface area contributed by atoms with Crippen molar-refractivity contribution >= 4 is 18.3 Å².